The number of benzene rings is 1. The Morgan fingerprint density at radius 3 is 2.86 bits per heavy atom. The Balaban J connectivity index is 1.50. The number of carbonyl (C=O) groups is 1. The Labute approximate surface area is 127 Å². The van der Waals surface area contributed by atoms with Crippen LogP contribution in [0.15, 0.2) is 24.3 Å². The van der Waals surface area contributed by atoms with Gasteiger partial charge in [0, 0.05) is 32.6 Å². The van der Waals surface area contributed by atoms with E-state index < -0.39 is 0 Å². The molecule has 1 aromatic rings. The van der Waals surface area contributed by atoms with Gasteiger partial charge in [0.2, 0.25) is 5.91 Å². The topological polar surface area (TPSA) is 23.6 Å². The first-order valence-corrected chi connectivity index (χ1v) is 8.29. The summed E-state index contributed by atoms with van der Waals surface area (Å²) < 4.78 is 0. The summed E-state index contributed by atoms with van der Waals surface area (Å²) >= 11 is 0. The predicted octanol–water partition coefficient (Wildman–Crippen LogP) is 2.69. The lowest BCUT2D eigenvalue weighted by Gasteiger charge is -2.32. The summed E-state index contributed by atoms with van der Waals surface area (Å²) in [6.45, 7) is 7.26. The second kappa shape index (κ2) is 6.61. The number of piperidine rings is 1. The van der Waals surface area contributed by atoms with Crippen molar-refractivity contribution in [1.82, 2.24) is 9.80 Å². The number of fused-ring (bicyclic) bond motifs is 1. The molecule has 1 saturated heterocycles. The summed E-state index contributed by atoms with van der Waals surface area (Å²) in [5.41, 5.74) is 2.73. The van der Waals surface area contributed by atoms with Crippen LogP contribution in [0.25, 0.3) is 0 Å². The molecule has 1 amide bonds. The average Bonchev–Trinajstić information content (AvgIpc) is 2.52. The Bertz CT molecular complexity index is 500. The average molecular weight is 286 g/mol. The van der Waals surface area contributed by atoms with Gasteiger partial charge in [-0.15, -0.1) is 0 Å². The van der Waals surface area contributed by atoms with Crippen LogP contribution in [0.4, 0.5) is 0 Å². The minimum atomic E-state index is 0.322. The molecule has 0 unspecified atom stereocenters. The van der Waals surface area contributed by atoms with Crippen LogP contribution >= 0.6 is 0 Å². The number of rotatable bonds is 3. The maximum absolute atomic E-state index is 12.4. The van der Waals surface area contributed by atoms with Crippen LogP contribution in [0, 0.1) is 5.92 Å². The van der Waals surface area contributed by atoms with Crippen LogP contribution in [0.5, 0.6) is 0 Å². The fourth-order valence-corrected chi connectivity index (χ4v) is 3.61. The molecular formula is C18H26N2O. The zero-order valence-corrected chi connectivity index (χ0v) is 13.1. The SMILES string of the molecule is C[C@@H]1CCCN(CCC(=O)N2CCc3ccccc3C2)C1. The molecule has 1 fully saturated rings. The van der Waals surface area contributed by atoms with Crippen LogP contribution < -0.4 is 0 Å². The van der Waals surface area contributed by atoms with Gasteiger partial charge < -0.3 is 9.80 Å². The van der Waals surface area contributed by atoms with E-state index in [0.29, 0.717) is 12.3 Å². The highest BCUT2D eigenvalue weighted by atomic mass is 16.2. The second-order valence-corrected chi connectivity index (χ2v) is 6.63. The lowest BCUT2D eigenvalue weighted by atomic mass is 9.99. The first-order valence-electron chi connectivity index (χ1n) is 8.29. The fourth-order valence-electron chi connectivity index (χ4n) is 3.61. The van der Waals surface area contributed by atoms with E-state index >= 15 is 0 Å². The van der Waals surface area contributed by atoms with Crippen LogP contribution in [0.1, 0.15) is 37.3 Å². The van der Waals surface area contributed by atoms with E-state index in [1.807, 2.05) is 4.90 Å². The van der Waals surface area contributed by atoms with Gasteiger partial charge in [-0.2, -0.15) is 0 Å². The number of hydrogen-bond acceptors (Lipinski definition) is 2. The molecule has 0 aromatic heterocycles. The molecule has 0 radical (unpaired) electrons. The van der Waals surface area contributed by atoms with Crippen molar-refractivity contribution in [3.05, 3.63) is 35.4 Å². The smallest absolute Gasteiger partial charge is 0.224 e. The van der Waals surface area contributed by atoms with Gasteiger partial charge in [-0.1, -0.05) is 31.2 Å². The van der Waals surface area contributed by atoms with Gasteiger partial charge in [0.05, 0.1) is 0 Å². The van der Waals surface area contributed by atoms with Crippen LogP contribution in [-0.2, 0) is 17.8 Å². The summed E-state index contributed by atoms with van der Waals surface area (Å²) in [6, 6.07) is 8.50. The van der Waals surface area contributed by atoms with E-state index in [1.165, 1.54) is 30.5 Å². The van der Waals surface area contributed by atoms with Crippen molar-refractivity contribution in [1.29, 1.82) is 0 Å². The van der Waals surface area contributed by atoms with Gasteiger partial charge in [-0.3, -0.25) is 4.79 Å². The Morgan fingerprint density at radius 2 is 2.05 bits per heavy atom. The lowest BCUT2D eigenvalue weighted by molar-refractivity contribution is -0.132. The Morgan fingerprint density at radius 1 is 1.24 bits per heavy atom. The maximum atomic E-state index is 12.4. The van der Waals surface area contributed by atoms with E-state index in [9.17, 15) is 4.79 Å². The predicted molar refractivity (Wildman–Crippen MR) is 85.0 cm³/mol. The molecule has 0 aliphatic carbocycles. The number of amides is 1. The molecule has 3 nitrogen and oxygen atoms in total. The molecule has 2 heterocycles. The second-order valence-electron chi connectivity index (χ2n) is 6.63. The first-order chi connectivity index (χ1) is 10.2. The number of likely N-dealkylation sites (tertiary alicyclic amines) is 1. The Hall–Kier alpha value is -1.35. The molecule has 0 bridgehead atoms. The van der Waals surface area contributed by atoms with Gasteiger partial charge in [-0.25, -0.2) is 0 Å². The Kier molecular flexibility index (Phi) is 4.59. The highest BCUT2D eigenvalue weighted by molar-refractivity contribution is 5.76. The third-order valence-corrected chi connectivity index (χ3v) is 4.87. The van der Waals surface area contributed by atoms with Gasteiger partial charge in [-0.05, 0) is 42.9 Å². The van der Waals surface area contributed by atoms with Gasteiger partial charge in [0.1, 0.15) is 0 Å². The molecule has 3 heteroatoms. The summed E-state index contributed by atoms with van der Waals surface area (Å²) in [5, 5.41) is 0. The molecule has 0 spiro atoms. The maximum Gasteiger partial charge on any atom is 0.224 e. The molecule has 3 rings (SSSR count). The van der Waals surface area contributed by atoms with E-state index in [0.717, 1.165) is 38.5 Å². The molecule has 0 N–H and O–H groups in total. The first kappa shape index (κ1) is 14.6. The van der Waals surface area contributed by atoms with Crippen molar-refractivity contribution in [3.8, 4) is 0 Å². The van der Waals surface area contributed by atoms with Gasteiger partial charge >= 0.3 is 0 Å². The molecular weight excluding hydrogens is 260 g/mol. The van der Waals surface area contributed by atoms with Crippen molar-refractivity contribution >= 4 is 5.91 Å². The van der Waals surface area contributed by atoms with Crippen LogP contribution in [0.3, 0.4) is 0 Å². The summed E-state index contributed by atoms with van der Waals surface area (Å²) in [7, 11) is 0. The highest BCUT2D eigenvalue weighted by Crippen LogP contribution is 2.20. The quantitative estimate of drug-likeness (QED) is 0.853. The summed E-state index contributed by atoms with van der Waals surface area (Å²) in [4.78, 5) is 16.9. The number of carbonyl (C=O) groups excluding carboxylic acids is 1. The third kappa shape index (κ3) is 3.65. The standard InChI is InChI=1S/C18H26N2O/c1-15-5-4-10-19(13-15)11-9-18(21)20-12-8-16-6-2-3-7-17(16)14-20/h2-3,6-7,15H,4-5,8-14H2,1H3/t15-/m1/s1. The fraction of sp³-hybridized carbons (Fsp3) is 0.611. The van der Waals surface area contributed by atoms with Crippen molar-refractivity contribution in [2.75, 3.05) is 26.2 Å². The highest BCUT2D eigenvalue weighted by Gasteiger charge is 2.22. The van der Waals surface area contributed by atoms with Crippen molar-refractivity contribution in [3.63, 3.8) is 0 Å². The van der Waals surface area contributed by atoms with Crippen LogP contribution in [0.2, 0.25) is 0 Å². The van der Waals surface area contributed by atoms with Gasteiger partial charge in [0.15, 0.2) is 0 Å². The minimum Gasteiger partial charge on any atom is -0.338 e. The van der Waals surface area contributed by atoms with Crippen molar-refractivity contribution in [2.45, 2.75) is 39.2 Å². The zero-order valence-electron chi connectivity index (χ0n) is 13.1. The lowest BCUT2D eigenvalue weighted by Crippen LogP contribution is -2.40. The van der Waals surface area contributed by atoms with E-state index in [4.69, 9.17) is 0 Å². The summed E-state index contributed by atoms with van der Waals surface area (Å²) in [6.07, 6.45) is 4.30. The molecule has 21 heavy (non-hydrogen) atoms. The van der Waals surface area contributed by atoms with E-state index in [2.05, 4.69) is 36.1 Å². The van der Waals surface area contributed by atoms with Crippen LogP contribution in [-0.4, -0.2) is 41.9 Å². The summed E-state index contributed by atoms with van der Waals surface area (Å²) in [5.74, 6) is 1.11. The number of nitrogens with zero attached hydrogens (tertiary/aromatic N) is 2. The van der Waals surface area contributed by atoms with E-state index in [1.54, 1.807) is 0 Å². The third-order valence-electron chi connectivity index (χ3n) is 4.87. The van der Waals surface area contributed by atoms with Crippen molar-refractivity contribution in [2.24, 2.45) is 5.92 Å². The van der Waals surface area contributed by atoms with Crippen molar-refractivity contribution < 1.29 is 4.79 Å². The largest absolute Gasteiger partial charge is 0.338 e. The molecule has 114 valence electrons. The molecule has 0 saturated carbocycles. The van der Waals surface area contributed by atoms with Gasteiger partial charge in [0.25, 0.3) is 0 Å². The number of hydrogen-bond donors (Lipinski definition) is 0. The normalized spacial score (nSPS) is 22.9. The molecule has 1 aromatic carbocycles. The molecule has 2 aliphatic heterocycles. The monoisotopic (exact) mass is 286 g/mol. The minimum absolute atomic E-state index is 0.322. The zero-order chi connectivity index (χ0) is 14.7. The molecule has 2 aliphatic rings. The molecule has 1 atom stereocenters. The van der Waals surface area contributed by atoms with E-state index in [-0.39, 0.29) is 0 Å².